The summed E-state index contributed by atoms with van der Waals surface area (Å²) >= 11 is 0. The van der Waals surface area contributed by atoms with Crippen LogP contribution in [0.2, 0.25) is 0 Å². The molecule has 0 saturated heterocycles. The Morgan fingerprint density at radius 3 is 2.51 bits per heavy atom. The van der Waals surface area contributed by atoms with Gasteiger partial charge < -0.3 is 15.2 Å². The number of aryl methyl sites for hydroxylation is 2. The third-order valence-electron chi connectivity index (χ3n) is 7.20. The lowest BCUT2D eigenvalue weighted by atomic mass is 9.99. The predicted molar refractivity (Wildman–Crippen MR) is 153 cm³/mol. The van der Waals surface area contributed by atoms with Crippen molar-refractivity contribution in [1.29, 1.82) is 0 Å². The number of carbonyl (C=O) groups is 1. The molecule has 0 aliphatic heterocycles. The maximum absolute atomic E-state index is 14.1. The topological polar surface area (TPSA) is 64.2 Å². The fourth-order valence-corrected chi connectivity index (χ4v) is 5.02. The van der Waals surface area contributed by atoms with E-state index in [4.69, 9.17) is 10.7 Å². The van der Waals surface area contributed by atoms with Gasteiger partial charge in [0.15, 0.2) is 0 Å². The average Bonchev–Trinajstić information content (AvgIpc) is 3.04. The first-order valence-corrected chi connectivity index (χ1v) is 13.4. The molecular weight excluding hydrogens is 456 g/mol. The van der Waals surface area contributed by atoms with Gasteiger partial charge in [-0.1, -0.05) is 68.0 Å². The number of rotatable bonds is 9. The highest BCUT2D eigenvalue weighted by atomic mass is 16.2. The molecule has 4 rings (SSSR count). The molecule has 0 spiro atoms. The zero-order valence-corrected chi connectivity index (χ0v) is 22.9. The number of hydrogen-bond acceptors (Lipinski definition) is 3. The highest BCUT2D eigenvalue weighted by Crippen LogP contribution is 2.34. The molecule has 5 heteroatoms. The van der Waals surface area contributed by atoms with Crippen LogP contribution in [0.25, 0.3) is 11.0 Å². The summed E-state index contributed by atoms with van der Waals surface area (Å²) in [5.74, 6) is 1.11. The Hall–Kier alpha value is -3.44. The molecule has 0 fully saturated rings. The van der Waals surface area contributed by atoms with Crippen molar-refractivity contribution in [2.75, 3.05) is 13.1 Å². The quantitative estimate of drug-likeness (QED) is 0.372. The molecular formula is C32H40N4O. The van der Waals surface area contributed by atoms with Crippen molar-refractivity contribution in [2.24, 2.45) is 11.7 Å². The number of fused-ring (bicyclic) bond motifs is 1. The minimum absolute atomic E-state index is 0.0278. The van der Waals surface area contributed by atoms with Crippen LogP contribution in [0.1, 0.15) is 62.2 Å². The van der Waals surface area contributed by atoms with Crippen LogP contribution in [-0.2, 0) is 11.3 Å². The Morgan fingerprint density at radius 1 is 1.08 bits per heavy atom. The van der Waals surface area contributed by atoms with Crippen molar-refractivity contribution in [3.63, 3.8) is 0 Å². The lowest BCUT2D eigenvalue weighted by molar-refractivity contribution is -0.130. The standard InChI is InChI=1S/C32H40N4O/c1-22(2)30(35(18-10-17-33)32(37)27-14-9-11-23(3)15-16-27)31-34-28-19-24(4)25(5)20-29(28)36(31)21-26-12-7-6-8-13-26/h6-9,12-16,19-20,22,30H,10-11,17-18,21,33H2,1-5H3. The molecule has 37 heavy (non-hydrogen) atoms. The lowest BCUT2D eigenvalue weighted by Crippen LogP contribution is -2.40. The summed E-state index contributed by atoms with van der Waals surface area (Å²) < 4.78 is 2.31. The number of nitrogens with two attached hydrogens (primary N) is 1. The first kappa shape index (κ1) is 26.6. The van der Waals surface area contributed by atoms with Gasteiger partial charge in [-0.3, -0.25) is 4.79 Å². The highest BCUT2D eigenvalue weighted by molar-refractivity contribution is 5.97. The van der Waals surface area contributed by atoms with Crippen LogP contribution in [0.3, 0.4) is 0 Å². The number of hydrogen-bond donors (Lipinski definition) is 1. The predicted octanol–water partition coefficient (Wildman–Crippen LogP) is 6.41. The lowest BCUT2D eigenvalue weighted by Gasteiger charge is -2.35. The molecule has 0 saturated carbocycles. The van der Waals surface area contributed by atoms with Gasteiger partial charge >= 0.3 is 0 Å². The third kappa shape index (κ3) is 5.94. The van der Waals surface area contributed by atoms with Gasteiger partial charge in [-0.25, -0.2) is 4.98 Å². The zero-order chi connectivity index (χ0) is 26.5. The molecule has 1 aliphatic rings. The van der Waals surface area contributed by atoms with Crippen LogP contribution < -0.4 is 5.73 Å². The Kier molecular flexibility index (Phi) is 8.45. The average molecular weight is 497 g/mol. The van der Waals surface area contributed by atoms with E-state index < -0.39 is 0 Å². The van der Waals surface area contributed by atoms with E-state index in [1.165, 1.54) is 22.3 Å². The Labute approximate surface area is 221 Å². The molecule has 1 atom stereocenters. The van der Waals surface area contributed by atoms with Crippen LogP contribution >= 0.6 is 0 Å². The number of aromatic nitrogens is 2. The number of carbonyl (C=O) groups excluding carboxylic acids is 1. The van der Waals surface area contributed by atoms with Gasteiger partial charge in [-0.05, 0) is 81.0 Å². The van der Waals surface area contributed by atoms with Crippen molar-refractivity contribution in [1.82, 2.24) is 14.5 Å². The summed E-state index contributed by atoms with van der Waals surface area (Å²) in [5, 5.41) is 0. The molecule has 2 N–H and O–H groups in total. The van der Waals surface area contributed by atoms with E-state index in [0.29, 0.717) is 25.2 Å². The molecule has 3 aromatic rings. The van der Waals surface area contributed by atoms with E-state index in [1.807, 2.05) is 23.1 Å². The zero-order valence-electron chi connectivity index (χ0n) is 22.9. The summed E-state index contributed by atoms with van der Waals surface area (Å²) in [4.78, 5) is 21.3. The van der Waals surface area contributed by atoms with Gasteiger partial charge in [-0.15, -0.1) is 0 Å². The molecule has 5 nitrogen and oxygen atoms in total. The Morgan fingerprint density at radius 2 is 1.81 bits per heavy atom. The van der Waals surface area contributed by atoms with Crippen molar-refractivity contribution in [2.45, 2.75) is 60.0 Å². The second-order valence-electron chi connectivity index (χ2n) is 10.5. The van der Waals surface area contributed by atoms with E-state index in [2.05, 4.69) is 87.7 Å². The van der Waals surface area contributed by atoms with Crippen LogP contribution in [-0.4, -0.2) is 33.4 Å². The number of allylic oxidation sites excluding steroid dienone is 4. The van der Waals surface area contributed by atoms with E-state index >= 15 is 0 Å². The maximum Gasteiger partial charge on any atom is 0.254 e. The third-order valence-corrected chi connectivity index (χ3v) is 7.20. The largest absolute Gasteiger partial charge is 0.330 e. The fraction of sp³-hybridized carbons (Fsp3) is 0.375. The summed E-state index contributed by atoms with van der Waals surface area (Å²) in [5.41, 5.74) is 13.6. The van der Waals surface area contributed by atoms with Crippen LogP contribution in [0, 0.1) is 19.8 Å². The highest BCUT2D eigenvalue weighted by Gasteiger charge is 2.33. The first-order valence-electron chi connectivity index (χ1n) is 13.4. The van der Waals surface area contributed by atoms with Gasteiger partial charge in [0.1, 0.15) is 5.82 Å². The molecule has 1 amide bonds. The maximum atomic E-state index is 14.1. The normalized spacial score (nSPS) is 14.5. The molecule has 0 bridgehead atoms. The van der Waals surface area contributed by atoms with Crippen molar-refractivity contribution in [3.8, 4) is 0 Å². The smallest absolute Gasteiger partial charge is 0.254 e. The summed E-state index contributed by atoms with van der Waals surface area (Å²) in [6.07, 6.45) is 9.63. The number of benzene rings is 2. The van der Waals surface area contributed by atoms with Gasteiger partial charge in [0, 0.05) is 18.7 Å². The van der Waals surface area contributed by atoms with Crippen molar-refractivity contribution >= 4 is 16.9 Å². The van der Waals surface area contributed by atoms with Gasteiger partial charge in [0.25, 0.3) is 5.91 Å². The molecule has 1 heterocycles. The second-order valence-corrected chi connectivity index (χ2v) is 10.5. The van der Waals surface area contributed by atoms with Gasteiger partial charge in [-0.2, -0.15) is 0 Å². The summed E-state index contributed by atoms with van der Waals surface area (Å²) in [6, 6.07) is 14.7. The van der Waals surface area contributed by atoms with E-state index in [-0.39, 0.29) is 17.9 Å². The molecule has 1 aromatic heterocycles. The molecule has 2 aromatic carbocycles. The van der Waals surface area contributed by atoms with Crippen LogP contribution in [0.4, 0.5) is 0 Å². The van der Waals surface area contributed by atoms with Crippen LogP contribution in [0.5, 0.6) is 0 Å². The summed E-state index contributed by atoms with van der Waals surface area (Å²) in [7, 11) is 0. The Bertz CT molecular complexity index is 1340. The minimum atomic E-state index is -0.196. The SMILES string of the molecule is CC1=CC=C(C(=O)N(CCCN)C(c2nc3cc(C)c(C)cc3n2Cc2ccccc2)C(C)C)C=CC1. The number of amides is 1. The van der Waals surface area contributed by atoms with Gasteiger partial charge in [0.05, 0.1) is 17.1 Å². The second kappa shape index (κ2) is 11.7. The summed E-state index contributed by atoms with van der Waals surface area (Å²) in [6.45, 7) is 12.5. The van der Waals surface area contributed by atoms with E-state index in [1.54, 1.807) is 0 Å². The first-order chi connectivity index (χ1) is 17.8. The van der Waals surface area contributed by atoms with E-state index in [9.17, 15) is 4.79 Å². The van der Waals surface area contributed by atoms with E-state index in [0.717, 1.165) is 29.7 Å². The van der Waals surface area contributed by atoms with Crippen molar-refractivity contribution < 1.29 is 4.79 Å². The monoisotopic (exact) mass is 496 g/mol. The van der Waals surface area contributed by atoms with Crippen LogP contribution in [0.15, 0.2) is 77.9 Å². The molecule has 194 valence electrons. The fourth-order valence-electron chi connectivity index (χ4n) is 5.02. The van der Waals surface area contributed by atoms with Gasteiger partial charge in [0.2, 0.25) is 0 Å². The molecule has 0 radical (unpaired) electrons. The Balaban J connectivity index is 1.88. The van der Waals surface area contributed by atoms with Crippen molar-refractivity contribution in [3.05, 3.63) is 100 Å². The minimum Gasteiger partial charge on any atom is -0.330 e. The number of nitrogens with zero attached hydrogens (tertiary/aromatic N) is 3. The number of imidazole rings is 1. The molecule has 1 aliphatic carbocycles. The molecule has 1 unspecified atom stereocenters.